The molecule has 162 valence electrons. The van der Waals surface area contributed by atoms with Crippen LogP contribution < -0.4 is 10.1 Å². The van der Waals surface area contributed by atoms with Crippen LogP contribution in [0.3, 0.4) is 0 Å². The molecule has 0 atom stereocenters. The monoisotopic (exact) mass is 436 g/mol. The number of methoxy groups -OCH3 is 1. The lowest BCUT2D eigenvalue weighted by molar-refractivity contribution is 0.181. The van der Waals surface area contributed by atoms with Crippen molar-refractivity contribution in [1.82, 2.24) is 20.4 Å². The topological polar surface area (TPSA) is 67.4 Å². The lowest BCUT2D eigenvalue weighted by atomic mass is 9.98. The molecule has 4 rings (SSSR count). The van der Waals surface area contributed by atoms with Crippen molar-refractivity contribution in [2.24, 2.45) is 0 Å². The first kappa shape index (κ1) is 21.3. The summed E-state index contributed by atoms with van der Waals surface area (Å²) in [5, 5.41) is 14.0. The number of aromatic nitrogens is 2. The van der Waals surface area contributed by atoms with Gasteiger partial charge in [-0.2, -0.15) is 0 Å². The number of amides is 2. The molecule has 2 amide bonds. The average Bonchev–Trinajstić information content (AvgIpc) is 3.29. The number of ether oxygens (including phenoxy) is 1. The molecule has 1 aliphatic heterocycles. The van der Waals surface area contributed by atoms with E-state index in [1.807, 2.05) is 35.2 Å². The van der Waals surface area contributed by atoms with Crippen molar-refractivity contribution in [2.45, 2.75) is 31.6 Å². The second-order valence-corrected chi connectivity index (χ2v) is 8.88. The Morgan fingerprint density at radius 2 is 1.81 bits per heavy atom. The van der Waals surface area contributed by atoms with Gasteiger partial charge in [-0.15, -0.1) is 21.5 Å². The molecule has 1 aliphatic rings. The number of nitrogens with one attached hydrogen (secondary N) is 1. The van der Waals surface area contributed by atoms with E-state index < -0.39 is 0 Å². The molecule has 1 N–H and O–H groups in total. The molecule has 31 heavy (non-hydrogen) atoms. The van der Waals surface area contributed by atoms with Crippen LogP contribution in [-0.4, -0.2) is 47.9 Å². The van der Waals surface area contributed by atoms with Gasteiger partial charge in [0.05, 0.1) is 7.11 Å². The summed E-state index contributed by atoms with van der Waals surface area (Å²) >= 11 is 1.69. The molecule has 0 bridgehead atoms. The van der Waals surface area contributed by atoms with Crippen molar-refractivity contribution in [1.29, 1.82) is 0 Å². The van der Waals surface area contributed by atoms with E-state index in [0.29, 0.717) is 12.5 Å². The molecule has 0 saturated carbocycles. The minimum atomic E-state index is 0.0341. The number of likely N-dealkylation sites (tertiary alicyclic amines) is 1. The van der Waals surface area contributed by atoms with E-state index in [4.69, 9.17) is 4.74 Å². The summed E-state index contributed by atoms with van der Waals surface area (Å²) in [5.41, 5.74) is 2.44. The fourth-order valence-electron chi connectivity index (χ4n) is 3.82. The van der Waals surface area contributed by atoms with Gasteiger partial charge < -0.3 is 15.0 Å². The number of carbonyl (C=O) groups is 1. The zero-order valence-electron chi connectivity index (χ0n) is 17.8. The Labute approximate surface area is 187 Å². The van der Waals surface area contributed by atoms with Gasteiger partial charge >= 0.3 is 6.03 Å². The highest BCUT2D eigenvalue weighted by molar-refractivity contribution is 7.11. The molecule has 0 spiro atoms. The van der Waals surface area contributed by atoms with Crippen LogP contribution >= 0.6 is 11.3 Å². The smallest absolute Gasteiger partial charge is 0.317 e. The third-order valence-electron chi connectivity index (χ3n) is 5.66. The molecule has 7 heteroatoms. The summed E-state index contributed by atoms with van der Waals surface area (Å²) in [6, 6.07) is 18.3. The van der Waals surface area contributed by atoms with Gasteiger partial charge in [-0.1, -0.05) is 42.5 Å². The SMILES string of the molecule is COc1ccc(Cc2nnc(C3CCN(C(=O)NCCc4ccccc4)CC3)s2)cc1. The molecule has 2 heterocycles. The molecule has 0 aliphatic carbocycles. The Kier molecular flexibility index (Phi) is 7.14. The van der Waals surface area contributed by atoms with E-state index in [9.17, 15) is 4.79 Å². The van der Waals surface area contributed by atoms with Crippen LogP contribution in [0.25, 0.3) is 0 Å². The minimum Gasteiger partial charge on any atom is -0.497 e. The number of carbonyl (C=O) groups excluding carboxylic acids is 1. The fourth-order valence-corrected chi connectivity index (χ4v) is 4.87. The number of benzene rings is 2. The second-order valence-electron chi connectivity index (χ2n) is 7.79. The van der Waals surface area contributed by atoms with E-state index in [-0.39, 0.29) is 6.03 Å². The van der Waals surface area contributed by atoms with Gasteiger partial charge in [0, 0.05) is 32.0 Å². The van der Waals surface area contributed by atoms with Gasteiger partial charge in [0.15, 0.2) is 0 Å². The molecule has 1 fully saturated rings. The largest absolute Gasteiger partial charge is 0.497 e. The number of piperidine rings is 1. The van der Waals surface area contributed by atoms with Crippen LogP contribution in [0.2, 0.25) is 0 Å². The molecule has 1 aromatic heterocycles. The van der Waals surface area contributed by atoms with Crippen LogP contribution in [0.4, 0.5) is 4.79 Å². The van der Waals surface area contributed by atoms with Crippen LogP contribution in [0.5, 0.6) is 5.75 Å². The third kappa shape index (κ3) is 5.82. The zero-order chi connectivity index (χ0) is 21.5. The van der Waals surface area contributed by atoms with Crippen molar-refractivity contribution in [3.63, 3.8) is 0 Å². The van der Waals surface area contributed by atoms with Crippen molar-refractivity contribution >= 4 is 17.4 Å². The Morgan fingerprint density at radius 1 is 1.06 bits per heavy atom. The quantitative estimate of drug-likeness (QED) is 0.601. The van der Waals surface area contributed by atoms with Gasteiger partial charge in [-0.25, -0.2) is 4.79 Å². The van der Waals surface area contributed by atoms with Crippen LogP contribution in [0.15, 0.2) is 54.6 Å². The maximum atomic E-state index is 12.5. The zero-order valence-corrected chi connectivity index (χ0v) is 18.6. The lowest BCUT2D eigenvalue weighted by Crippen LogP contribution is -2.44. The Hall–Kier alpha value is -2.93. The van der Waals surface area contributed by atoms with Gasteiger partial charge in [-0.05, 0) is 42.5 Å². The third-order valence-corrected chi connectivity index (χ3v) is 6.75. The lowest BCUT2D eigenvalue weighted by Gasteiger charge is -2.31. The van der Waals surface area contributed by atoms with Crippen molar-refractivity contribution in [3.8, 4) is 5.75 Å². The van der Waals surface area contributed by atoms with Crippen molar-refractivity contribution < 1.29 is 9.53 Å². The van der Waals surface area contributed by atoms with E-state index >= 15 is 0 Å². The van der Waals surface area contributed by atoms with Gasteiger partial charge in [-0.3, -0.25) is 0 Å². The first-order valence-electron chi connectivity index (χ1n) is 10.7. The molecule has 0 unspecified atom stereocenters. The first-order valence-corrected chi connectivity index (χ1v) is 11.5. The first-order chi connectivity index (χ1) is 15.2. The number of urea groups is 1. The summed E-state index contributed by atoms with van der Waals surface area (Å²) in [6.45, 7) is 2.18. The van der Waals surface area contributed by atoms with Crippen LogP contribution in [0.1, 0.15) is 39.9 Å². The van der Waals surface area contributed by atoms with Crippen molar-refractivity contribution in [3.05, 3.63) is 75.7 Å². The Morgan fingerprint density at radius 3 is 2.52 bits per heavy atom. The summed E-state index contributed by atoms with van der Waals surface area (Å²) in [5.74, 6) is 1.24. The minimum absolute atomic E-state index is 0.0341. The summed E-state index contributed by atoms with van der Waals surface area (Å²) in [4.78, 5) is 14.4. The molecule has 3 aromatic rings. The summed E-state index contributed by atoms with van der Waals surface area (Å²) < 4.78 is 5.21. The molecule has 6 nitrogen and oxygen atoms in total. The van der Waals surface area contributed by atoms with Crippen molar-refractivity contribution in [2.75, 3.05) is 26.7 Å². The van der Waals surface area contributed by atoms with Crippen LogP contribution in [-0.2, 0) is 12.8 Å². The Balaban J connectivity index is 1.22. The molecular formula is C24H28N4O2S. The second kappa shape index (κ2) is 10.4. The van der Waals surface area contributed by atoms with E-state index in [1.54, 1.807) is 18.4 Å². The summed E-state index contributed by atoms with van der Waals surface area (Å²) in [7, 11) is 1.67. The number of hydrogen-bond donors (Lipinski definition) is 1. The number of nitrogens with zero attached hydrogens (tertiary/aromatic N) is 3. The Bertz CT molecular complexity index is 967. The molecule has 1 saturated heterocycles. The highest BCUT2D eigenvalue weighted by atomic mass is 32.1. The predicted octanol–water partition coefficient (Wildman–Crippen LogP) is 4.27. The standard InChI is InChI=1S/C24H28N4O2S/c1-30-21-9-7-19(8-10-21)17-22-26-27-23(31-22)20-12-15-28(16-13-20)24(29)25-14-11-18-5-3-2-4-6-18/h2-10,20H,11-17H2,1H3,(H,25,29). The number of hydrogen-bond acceptors (Lipinski definition) is 5. The number of rotatable bonds is 7. The van der Waals surface area contributed by atoms with Gasteiger partial charge in [0.25, 0.3) is 0 Å². The summed E-state index contributed by atoms with van der Waals surface area (Å²) in [6.07, 6.45) is 3.50. The molecule has 2 aromatic carbocycles. The van der Waals surface area contributed by atoms with E-state index in [2.05, 4.69) is 39.8 Å². The van der Waals surface area contributed by atoms with Gasteiger partial charge in [0.2, 0.25) is 0 Å². The van der Waals surface area contributed by atoms with E-state index in [1.165, 1.54) is 11.1 Å². The van der Waals surface area contributed by atoms with E-state index in [0.717, 1.165) is 54.5 Å². The maximum Gasteiger partial charge on any atom is 0.317 e. The fraction of sp³-hybridized carbons (Fsp3) is 0.375. The highest BCUT2D eigenvalue weighted by Crippen LogP contribution is 2.31. The van der Waals surface area contributed by atoms with Gasteiger partial charge in [0.1, 0.15) is 15.8 Å². The van der Waals surface area contributed by atoms with Crippen LogP contribution in [0, 0.1) is 0 Å². The highest BCUT2D eigenvalue weighted by Gasteiger charge is 2.26. The predicted molar refractivity (Wildman–Crippen MR) is 123 cm³/mol. The maximum absolute atomic E-state index is 12.5. The molecular weight excluding hydrogens is 408 g/mol. The molecule has 0 radical (unpaired) electrons. The normalized spacial score (nSPS) is 14.4. The average molecular weight is 437 g/mol.